The number of fused-ring (bicyclic) bond motifs is 1. The first kappa shape index (κ1) is 25.9. The van der Waals surface area contributed by atoms with Crippen LogP contribution in [0.5, 0.6) is 0 Å². The number of nitrogens with zero attached hydrogens (tertiary/aromatic N) is 4. The molecule has 0 aliphatic carbocycles. The summed E-state index contributed by atoms with van der Waals surface area (Å²) < 4.78 is 0. The number of carbonyl (C=O) groups is 1. The predicted molar refractivity (Wildman–Crippen MR) is 156 cm³/mol. The maximum Gasteiger partial charge on any atom is 0.227 e. The maximum atomic E-state index is 12.7. The number of pyridine rings is 2. The third kappa shape index (κ3) is 6.25. The highest BCUT2D eigenvalue weighted by molar-refractivity contribution is 6.02. The zero-order valence-electron chi connectivity index (χ0n) is 21.8. The van der Waals surface area contributed by atoms with Gasteiger partial charge in [-0.3, -0.25) is 14.8 Å². The van der Waals surface area contributed by atoms with Gasteiger partial charge < -0.3 is 16.4 Å². The molecule has 2 aromatic carbocycles. The van der Waals surface area contributed by atoms with Gasteiger partial charge >= 0.3 is 0 Å². The van der Waals surface area contributed by atoms with Crippen LogP contribution in [0.4, 0.5) is 11.5 Å². The molecule has 3 heterocycles. The molecule has 4 N–H and O–H groups in total. The predicted octanol–water partition coefficient (Wildman–Crippen LogP) is 5.68. The van der Waals surface area contributed by atoms with Crippen LogP contribution in [0.3, 0.4) is 0 Å². The lowest BCUT2D eigenvalue weighted by molar-refractivity contribution is -0.119. The summed E-state index contributed by atoms with van der Waals surface area (Å²) in [6.45, 7) is 2.97. The Kier molecular flexibility index (Phi) is 8.14. The van der Waals surface area contributed by atoms with Crippen LogP contribution in [-0.2, 0) is 11.3 Å². The fourth-order valence-corrected chi connectivity index (χ4v) is 4.43. The van der Waals surface area contributed by atoms with Gasteiger partial charge in [0.1, 0.15) is 5.82 Å². The first-order valence-electron chi connectivity index (χ1n) is 13.1. The average molecular weight is 518 g/mol. The van der Waals surface area contributed by atoms with E-state index < -0.39 is 0 Å². The molecule has 1 atom stereocenters. The van der Waals surface area contributed by atoms with Crippen molar-refractivity contribution in [2.24, 2.45) is 11.7 Å². The van der Waals surface area contributed by atoms with E-state index in [0.29, 0.717) is 36.0 Å². The molecule has 196 valence electrons. The minimum absolute atomic E-state index is 0.0629. The van der Waals surface area contributed by atoms with Crippen molar-refractivity contribution < 1.29 is 4.79 Å². The smallest absolute Gasteiger partial charge is 0.227 e. The minimum atomic E-state index is -0.145. The van der Waals surface area contributed by atoms with Crippen LogP contribution in [0.25, 0.3) is 33.4 Å². The maximum absolute atomic E-state index is 12.7. The molecule has 0 bridgehead atoms. The van der Waals surface area contributed by atoms with Gasteiger partial charge in [0.2, 0.25) is 5.91 Å². The van der Waals surface area contributed by atoms with Crippen molar-refractivity contribution in [3.63, 3.8) is 0 Å². The molecule has 1 unspecified atom stereocenters. The second-order valence-corrected chi connectivity index (χ2v) is 9.42. The number of amides is 1. The molecule has 39 heavy (non-hydrogen) atoms. The molecule has 0 fully saturated rings. The monoisotopic (exact) mass is 517 g/mol. The highest BCUT2D eigenvalue weighted by Crippen LogP contribution is 2.34. The molecule has 5 aromatic rings. The molecule has 8 nitrogen and oxygen atoms in total. The highest BCUT2D eigenvalue weighted by atomic mass is 16.1. The van der Waals surface area contributed by atoms with E-state index in [4.69, 9.17) is 15.7 Å². The van der Waals surface area contributed by atoms with Crippen LogP contribution >= 0.6 is 0 Å². The van der Waals surface area contributed by atoms with E-state index in [9.17, 15) is 4.79 Å². The van der Waals surface area contributed by atoms with E-state index in [1.54, 1.807) is 18.6 Å². The quantitative estimate of drug-likeness (QED) is 0.218. The molecule has 5 rings (SSSR count). The summed E-state index contributed by atoms with van der Waals surface area (Å²) in [6.07, 6.45) is 6.65. The first-order chi connectivity index (χ1) is 19.1. The number of carbonyl (C=O) groups excluding carboxylic acids is 1. The third-order valence-electron chi connectivity index (χ3n) is 6.52. The summed E-state index contributed by atoms with van der Waals surface area (Å²) in [5.41, 5.74) is 10.7. The standard InChI is InChI=1S/C31H31N7O/c1-21(9-8-15-32)31(39)36-25-17-23(18-33-19-25)29-37-27-14-7-13-26(22-10-3-2-4-11-22)28(27)30(38-29)35-20-24-12-5-6-16-34-24/h2-7,10-14,16-19,21H,8-9,15,20,32H2,1H3,(H,36,39)(H,35,37,38). The van der Waals surface area contributed by atoms with Crippen LogP contribution in [-0.4, -0.2) is 32.4 Å². The number of hydrogen-bond acceptors (Lipinski definition) is 7. The van der Waals surface area contributed by atoms with Crippen molar-refractivity contribution in [2.75, 3.05) is 17.2 Å². The number of aromatic nitrogens is 4. The molecular formula is C31H31N7O. The van der Waals surface area contributed by atoms with Crippen molar-refractivity contribution >= 4 is 28.3 Å². The summed E-state index contributed by atoms with van der Waals surface area (Å²) >= 11 is 0. The van der Waals surface area contributed by atoms with Crippen molar-refractivity contribution in [3.05, 3.63) is 97.1 Å². The Bertz CT molecular complexity index is 1560. The fraction of sp³-hybridized carbons (Fsp3) is 0.194. The lowest BCUT2D eigenvalue weighted by atomic mass is 10.0. The van der Waals surface area contributed by atoms with Gasteiger partial charge in [-0.15, -0.1) is 0 Å². The first-order valence-corrected chi connectivity index (χ1v) is 13.1. The summed E-state index contributed by atoms with van der Waals surface area (Å²) in [7, 11) is 0. The number of anilines is 2. The molecule has 0 aliphatic heterocycles. The minimum Gasteiger partial charge on any atom is -0.364 e. The highest BCUT2D eigenvalue weighted by Gasteiger charge is 2.16. The van der Waals surface area contributed by atoms with E-state index >= 15 is 0 Å². The lowest BCUT2D eigenvalue weighted by Gasteiger charge is -2.15. The van der Waals surface area contributed by atoms with Crippen LogP contribution in [0.1, 0.15) is 25.5 Å². The molecule has 1 amide bonds. The van der Waals surface area contributed by atoms with Crippen LogP contribution in [0, 0.1) is 5.92 Å². The summed E-state index contributed by atoms with van der Waals surface area (Å²) in [4.78, 5) is 31.3. The van der Waals surface area contributed by atoms with Gasteiger partial charge in [-0.05, 0) is 54.8 Å². The molecule has 8 heteroatoms. The van der Waals surface area contributed by atoms with Crippen molar-refractivity contribution in [1.29, 1.82) is 0 Å². The van der Waals surface area contributed by atoms with Crippen molar-refractivity contribution in [3.8, 4) is 22.5 Å². The Hall–Kier alpha value is -4.69. The van der Waals surface area contributed by atoms with E-state index in [1.807, 2.05) is 61.5 Å². The van der Waals surface area contributed by atoms with Gasteiger partial charge in [-0.25, -0.2) is 9.97 Å². The number of nitrogens with one attached hydrogen (secondary N) is 2. The number of nitrogens with two attached hydrogens (primary N) is 1. The summed E-state index contributed by atoms with van der Waals surface area (Å²) in [5, 5.41) is 7.39. The van der Waals surface area contributed by atoms with Crippen molar-refractivity contribution in [1.82, 2.24) is 19.9 Å². The van der Waals surface area contributed by atoms with E-state index in [0.717, 1.165) is 40.6 Å². The molecule has 0 aliphatic rings. The summed E-state index contributed by atoms with van der Waals surface area (Å²) in [5.74, 6) is 1.00. The Balaban J connectivity index is 1.53. The normalized spacial score (nSPS) is 11.7. The van der Waals surface area contributed by atoms with Gasteiger partial charge in [0.15, 0.2) is 5.82 Å². The number of rotatable bonds is 10. The van der Waals surface area contributed by atoms with Crippen LogP contribution < -0.4 is 16.4 Å². The molecular weight excluding hydrogens is 486 g/mol. The number of hydrogen-bond donors (Lipinski definition) is 3. The second kappa shape index (κ2) is 12.2. The molecule has 0 spiro atoms. The van der Waals surface area contributed by atoms with Crippen LogP contribution in [0.15, 0.2) is 91.4 Å². The molecule has 3 aromatic heterocycles. The largest absolute Gasteiger partial charge is 0.364 e. The van der Waals surface area contributed by atoms with E-state index in [1.165, 1.54) is 0 Å². The fourth-order valence-electron chi connectivity index (χ4n) is 4.43. The van der Waals surface area contributed by atoms with Gasteiger partial charge in [0, 0.05) is 23.9 Å². The van der Waals surface area contributed by atoms with Gasteiger partial charge in [0.25, 0.3) is 0 Å². The molecule has 0 radical (unpaired) electrons. The van der Waals surface area contributed by atoms with E-state index in [-0.39, 0.29) is 11.8 Å². The van der Waals surface area contributed by atoms with Crippen molar-refractivity contribution in [2.45, 2.75) is 26.3 Å². The van der Waals surface area contributed by atoms with Gasteiger partial charge in [-0.1, -0.05) is 55.5 Å². The Morgan fingerprint density at radius 1 is 0.949 bits per heavy atom. The zero-order chi connectivity index (χ0) is 27.0. The third-order valence-corrected chi connectivity index (χ3v) is 6.52. The summed E-state index contributed by atoms with van der Waals surface area (Å²) in [6, 6.07) is 23.9. The Morgan fingerprint density at radius 2 is 1.79 bits per heavy atom. The lowest BCUT2D eigenvalue weighted by Crippen LogP contribution is -2.21. The number of benzene rings is 2. The Labute approximate surface area is 227 Å². The topological polar surface area (TPSA) is 119 Å². The molecule has 0 saturated heterocycles. The van der Waals surface area contributed by atoms with Gasteiger partial charge in [0.05, 0.1) is 35.0 Å². The SMILES string of the molecule is CC(CCCN)C(=O)Nc1cncc(-c2nc(NCc3ccccn3)c3c(-c4ccccc4)cccc3n2)c1. The molecule has 0 saturated carbocycles. The van der Waals surface area contributed by atoms with Crippen LogP contribution in [0.2, 0.25) is 0 Å². The Morgan fingerprint density at radius 3 is 2.59 bits per heavy atom. The van der Waals surface area contributed by atoms with E-state index in [2.05, 4.69) is 38.8 Å². The second-order valence-electron chi connectivity index (χ2n) is 9.42. The van der Waals surface area contributed by atoms with Gasteiger partial charge in [-0.2, -0.15) is 0 Å². The average Bonchev–Trinajstić information content (AvgIpc) is 2.99. The zero-order valence-corrected chi connectivity index (χ0v) is 21.8.